The van der Waals surface area contributed by atoms with Crippen molar-refractivity contribution in [3.05, 3.63) is 23.8 Å². The van der Waals surface area contributed by atoms with E-state index in [0.717, 1.165) is 5.56 Å². The Bertz CT molecular complexity index is 379. The van der Waals surface area contributed by atoms with E-state index in [4.69, 9.17) is 15.2 Å². The van der Waals surface area contributed by atoms with Crippen LogP contribution in [0.2, 0.25) is 0 Å². The van der Waals surface area contributed by atoms with E-state index in [1.165, 1.54) is 0 Å². The summed E-state index contributed by atoms with van der Waals surface area (Å²) in [6.45, 7) is 4.09. The van der Waals surface area contributed by atoms with E-state index in [9.17, 15) is 5.11 Å². The second-order valence-electron chi connectivity index (χ2n) is 4.34. The minimum absolute atomic E-state index is 0.105. The monoisotopic (exact) mass is 223 g/mol. The van der Waals surface area contributed by atoms with Crippen molar-refractivity contribution in [2.75, 3.05) is 6.79 Å². The maximum Gasteiger partial charge on any atom is 0.231 e. The molecule has 1 aromatic carbocycles. The summed E-state index contributed by atoms with van der Waals surface area (Å²) in [5.41, 5.74) is 6.83. The second kappa shape index (κ2) is 4.31. The Labute approximate surface area is 95.0 Å². The average Bonchev–Trinajstić information content (AvgIpc) is 2.74. The quantitative estimate of drug-likeness (QED) is 0.813. The highest BCUT2D eigenvalue weighted by atomic mass is 16.7. The van der Waals surface area contributed by atoms with Crippen molar-refractivity contribution in [2.24, 2.45) is 11.7 Å². The minimum atomic E-state index is -0.587. The van der Waals surface area contributed by atoms with Gasteiger partial charge in [0, 0.05) is 5.56 Å². The van der Waals surface area contributed by atoms with Gasteiger partial charge in [-0.3, -0.25) is 0 Å². The summed E-state index contributed by atoms with van der Waals surface area (Å²) in [5, 5.41) is 9.96. The Kier molecular flexibility index (Phi) is 3.03. The van der Waals surface area contributed by atoms with E-state index in [2.05, 4.69) is 0 Å². The smallest absolute Gasteiger partial charge is 0.231 e. The molecule has 0 radical (unpaired) electrons. The molecule has 0 saturated heterocycles. The molecule has 0 spiro atoms. The van der Waals surface area contributed by atoms with Crippen molar-refractivity contribution < 1.29 is 14.6 Å². The van der Waals surface area contributed by atoms with Gasteiger partial charge >= 0.3 is 0 Å². The van der Waals surface area contributed by atoms with Crippen LogP contribution in [-0.2, 0) is 0 Å². The molecule has 1 heterocycles. The summed E-state index contributed by atoms with van der Waals surface area (Å²) < 4.78 is 10.6. The van der Waals surface area contributed by atoms with Gasteiger partial charge in [-0.25, -0.2) is 0 Å². The number of aliphatic hydroxyl groups excluding tert-OH is 1. The predicted molar refractivity (Wildman–Crippen MR) is 60.3 cm³/mol. The van der Waals surface area contributed by atoms with Crippen molar-refractivity contribution in [3.63, 3.8) is 0 Å². The maximum atomic E-state index is 9.96. The fourth-order valence-electron chi connectivity index (χ4n) is 1.81. The number of fused-ring (bicyclic) bond motifs is 1. The second-order valence-corrected chi connectivity index (χ2v) is 4.34. The molecular formula is C12H17NO3. The zero-order valence-electron chi connectivity index (χ0n) is 9.51. The molecule has 1 aliphatic heterocycles. The molecule has 16 heavy (non-hydrogen) atoms. The number of rotatable bonds is 3. The first-order chi connectivity index (χ1) is 7.61. The number of para-hydroxylation sites is 1. The first-order valence-corrected chi connectivity index (χ1v) is 5.43. The molecule has 0 fully saturated rings. The van der Waals surface area contributed by atoms with E-state index in [1.54, 1.807) is 0 Å². The lowest BCUT2D eigenvalue weighted by atomic mass is 9.94. The molecule has 0 aliphatic carbocycles. The molecule has 2 rings (SSSR count). The standard InChI is InChI=1S/C12H17NO3/c1-7(2)11(14)10(13)8-4-3-5-9-12(8)16-6-15-9/h3-5,7,10-11,14H,6,13H2,1-2H3/t10-,11+/m0/s1. The van der Waals surface area contributed by atoms with Gasteiger partial charge in [-0.1, -0.05) is 26.0 Å². The molecule has 3 N–H and O–H groups in total. The van der Waals surface area contributed by atoms with E-state index < -0.39 is 12.1 Å². The fraction of sp³-hybridized carbons (Fsp3) is 0.500. The molecule has 0 unspecified atom stereocenters. The summed E-state index contributed by atoms with van der Waals surface area (Å²) in [5.74, 6) is 1.46. The van der Waals surface area contributed by atoms with Crippen molar-refractivity contribution >= 4 is 0 Å². The van der Waals surface area contributed by atoms with Gasteiger partial charge in [0.2, 0.25) is 6.79 Å². The Morgan fingerprint density at radius 3 is 2.75 bits per heavy atom. The lowest BCUT2D eigenvalue weighted by Crippen LogP contribution is -2.30. The SMILES string of the molecule is CC(C)[C@@H](O)[C@@H](N)c1cccc2c1OCO2. The number of benzene rings is 1. The van der Waals surface area contributed by atoms with Crippen molar-refractivity contribution in [2.45, 2.75) is 26.0 Å². The molecule has 0 saturated carbocycles. The van der Waals surface area contributed by atoms with Crippen LogP contribution < -0.4 is 15.2 Å². The third-order valence-electron chi connectivity index (χ3n) is 2.84. The number of hydrogen-bond donors (Lipinski definition) is 2. The van der Waals surface area contributed by atoms with Crippen LogP contribution in [0.15, 0.2) is 18.2 Å². The number of aliphatic hydroxyl groups is 1. The van der Waals surface area contributed by atoms with Gasteiger partial charge in [0.05, 0.1) is 12.1 Å². The Morgan fingerprint density at radius 2 is 2.06 bits per heavy atom. The minimum Gasteiger partial charge on any atom is -0.454 e. The van der Waals surface area contributed by atoms with Crippen molar-refractivity contribution in [1.29, 1.82) is 0 Å². The molecule has 0 bridgehead atoms. The summed E-state index contributed by atoms with van der Waals surface area (Å²) in [6, 6.07) is 5.11. The van der Waals surface area contributed by atoms with Crippen LogP contribution in [-0.4, -0.2) is 18.0 Å². The van der Waals surface area contributed by atoms with Gasteiger partial charge in [0.25, 0.3) is 0 Å². The highest BCUT2D eigenvalue weighted by Gasteiger charge is 2.26. The van der Waals surface area contributed by atoms with E-state index >= 15 is 0 Å². The lowest BCUT2D eigenvalue weighted by Gasteiger charge is -2.23. The van der Waals surface area contributed by atoms with Crippen LogP contribution >= 0.6 is 0 Å². The van der Waals surface area contributed by atoms with Crippen LogP contribution in [0.3, 0.4) is 0 Å². The maximum absolute atomic E-state index is 9.96. The average molecular weight is 223 g/mol. The highest BCUT2D eigenvalue weighted by molar-refractivity contribution is 5.49. The van der Waals surface area contributed by atoms with Gasteiger partial charge in [0.15, 0.2) is 11.5 Å². The Morgan fingerprint density at radius 1 is 1.31 bits per heavy atom. The van der Waals surface area contributed by atoms with Crippen LogP contribution in [0.1, 0.15) is 25.5 Å². The van der Waals surface area contributed by atoms with Gasteiger partial charge < -0.3 is 20.3 Å². The molecular weight excluding hydrogens is 206 g/mol. The molecule has 4 heteroatoms. The topological polar surface area (TPSA) is 64.7 Å². The van der Waals surface area contributed by atoms with Gasteiger partial charge in [-0.15, -0.1) is 0 Å². The number of ether oxygens (including phenoxy) is 2. The first-order valence-electron chi connectivity index (χ1n) is 5.43. The molecule has 88 valence electrons. The normalized spacial score (nSPS) is 17.6. The van der Waals surface area contributed by atoms with E-state index in [0.29, 0.717) is 11.5 Å². The molecule has 4 nitrogen and oxygen atoms in total. The largest absolute Gasteiger partial charge is 0.454 e. The molecule has 0 aromatic heterocycles. The zero-order valence-corrected chi connectivity index (χ0v) is 9.51. The van der Waals surface area contributed by atoms with E-state index in [1.807, 2.05) is 32.0 Å². The van der Waals surface area contributed by atoms with Crippen LogP contribution in [0.25, 0.3) is 0 Å². The lowest BCUT2D eigenvalue weighted by molar-refractivity contribution is 0.0963. The molecule has 0 amide bonds. The van der Waals surface area contributed by atoms with Crippen LogP contribution in [0.4, 0.5) is 0 Å². The molecule has 1 aliphatic rings. The van der Waals surface area contributed by atoms with Crippen molar-refractivity contribution in [3.8, 4) is 11.5 Å². The summed E-state index contributed by atoms with van der Waals surface area (Å²) >= 11 is 0. The Balaban J connectivity index is 2.30. The summed E-state index contributed by atoms with van der Waals surface area (Å²) in [4.78, 5) is 0. The predicted octanol–water partition coefficient (Wildman–Crippen LogP) is 1.43. The summed E-state index contributed by atoms with van der Waals surface area (Å²) in [7, 11) is 0. The van der Waals surface area contributed by atoms with Gasteiger partial charge in [0.1, 0.15) is 0 Å². The molecule has 2 atom stereocenters. The zero-order chi connectivity index (χ0) is 11.7. The fourth-order valence-corrected chi connectivity index (χ4v) is 1.81. The van der Waals surface area contributed by atoms with Crippen molar-refractivity contribution in [1.82, 2.24) is 0 Å². The third kappa shape index (κ3) is 1.86. The third-order valence-corrected chi connectivity index (χ3v) is 2.84. The number of nitrogens with two attached hydrogens (primary N) is 1. The first kappa shape index (κ1) is 11.2. The van der Waals surface area contributed by atoms with Crippen LogP contribution in [0.5, 0.6) is 11.5 Å². The van der Waals surface area contributed by atoms with Gasteiger partial charge in [-0.05, 0) is 12.0 Å². The van der Waals surface area contributed by atoms with E-state index in [-0.39, 0.29) is 12.7 Å². The molecule has 1 aromatic rings. The van der Waals surface area contributed by atoms with Gasteiger partial charge in [-0.2, -0.15) is 0 Å². The number of hydrogen-bond acceptors (Lipinski definition) is 4. The highest BCUT2D eigenvalue weighted by Crippen LogP contribution is 2.39. The van der Waals surface area contributed by atoms with Crippen LogP contribution in [0, 0.1) is 5.92 Å². The summed E-state index contributed by atoms with van der Waals surface area (Å²) in [6.07, 6.45) is -0.587. The Hall–Kier alpha value is -1.26.